The van der Waals surface area contributed by atoms with Crippen molar-refractivity contribution in [2.24, 2.45) is 0 Å². The van der Waals surface area contributed by atoms with Gasteiger partial charge in [-0.3, -0.25) is 10.1 Å². The van der Waals surface area contributed by atoms with Crippen LogP contribution in [0.15, 0.2) is 0 Å². The second kappa shape index (κ2) is 27.8. The van der Waals surface area contributed by atoms with Crippen molar-refractivity contribution in [3.8, 4) is 0 Å². The van der Waals surface area contributed by atoms with Gasteiger partial charge in [0.2, 0.25) is 5.91 Å². The summed E-state index contributed by atoms with van der Waals surface area (Å²) in [5.74, 6) is -0.135. The van der Waals surface area contributed by atoms with Gasteiger partial charge < -0.3 is 57.8 Å². The van der Waals surface area contributed by atoms with E-state index in [-0.39, 0.29) is 58.6 Å². The number of hydrogen-bond donors (Lipinski definition) is 3. The SMILES string of the molecule is COCCOCCNC(=O)OCC(COC(=O)NCOCCOC)OCCCC(=O)NCCCCCCOP(C)(=O)[O-]. The Labute approximate surface area is 248 Å². The fourth-order valence-corrected chi connectivity index (χ4v) is 3.45. The Morgan fingerprint density at radius 2 is 1.36 bits per heavy atom. The van der Waals surface area contributed by atoms with Crippen LogP contribution >= 0.6 is 7.60 Å². The van der Waals surface area contributed by atoms with Crippen LogP contribution < -0.4 is 20.8 Å². The molecule has 0 aromatic carbocycles. The molecule has 3 amide bonds. The highest BCUT2D eigenvalue weighted by atomic mass is 31.2. The molecule has 0 fully saturated rings. The minimum atomic E-state index is -3.68. The predicted molar refractivity (Wildman–Crippen MR) is 149 cm³/mol. The first-order valence-electron chi connectivity index (χ1n) is 13.9. The molecule has 0 bridgehead atoms. The normalized spacial score (nSPS) is 13.1. The summed E-state index contributed by atoms with van der Waals surface area (Å²) in [6, 6.07) is 0. The van der Waals surface area contributed by atoms with E-state index < -0.39 is 25.9 Å². The van der Waals surface area contributed by atoms with Crippen LogP contribution in [0.4, 0.5) is 9.59 Å². The monoisotopic (exact) mass is 630 g/mol. The van der Waals surface area contributed by atoms with E-state index in [2.05, 4.69) is 16.0 Å². The number of ether oxygens (including phenoxy) is 7. The summed E-state index contributed by atoms with van der Waals surface area (Å²) in [6.45, 7) is 3.52. The van der Waals surface area contributed by atoms with Gasteiger partial charge in [0.15, 0.2) is 0 Å². The number of alkyl carbamates (subject to hydrolysis) is 2. The fourth-order valence-electron chi connectivity index (χ4n) is 2.99. The highest BCUT2D eigenvalue weighted by Crippen LogP contribution is 2.31. The molecule has 0 radical (unpaired) electrons. The Hall–Kier alpha value is -2.04. The van der Waals surface area contributed by atoms with Gasteiger partial charge in [0.25, 0.3) is 0 Å². The third-order valence-electron chi connectivity index (χ3n) is 5.12. The van der Waals surface area contributed by atoms with Crippen LogP contribution in [0.5, 0.6) is 0 Å². The first-order chi connectivity index (χ1) is 20.2. The first kappa shape index (κ1) is 40.0. The molecule has 0 spiro atoms. The molecule has 42 heavy (non-hydrogen) atoms. The van der Waals surface area contributed by atoms with E-state index >= 15 is 0 Å². The minimum Gasteiger partial charge on any atom is -0.779 e. The molecule has 0 aliphatic carbocycles. The topological polar surface area (TPSA) is 201 Å². The van der Waals surface area contributed by atoms with E-state index in [0.717, 1.165) is 25.9 Å². The molecule has 16 nitrogen and oxygen atoms in total. The number of rotatable bonds is 28. The lowest BCUT2D eigenvalue weighted by Crippen LogP contribution is -2.35. The molecule has 3 N–H and O–H groups in total. The minimum absolute atomic E-state index is 0.0634. The average Bonchev–Trinajstić information content (AvgIpc) is 2.94. The first-order valence-corrected chi connectivity index (χ1v) is 15.9. The number of nitrogens with one attached hydrogen (secondary N) is 3. The van der Waals surface area contributed by atoms with E-state index in [1.54, 1.807) is 7.11 Å². The molecule has 0 aromatic heterocycles. The summed E-state index contributed by atoms with van der Waals surface area (Å²) in [7, 11) is -0.581. The van der Waals surface area contributed by atoms with Gasteiger partial charge in [0.05, 0.1) is 39.6 Å². The molecule has 17 heteroatoms. The molecule has 2 atom stereocenters. The summed E-state index contributed by atoms with van der Waals surface area (Å²) in [5.41, 5.74) is 0. The second-order valence-corrected chi connectivity index (χ2v) is 10.7. The van der Waals surface area contributed by atoms with Crippen molar-refractivity contribution in [1.82, 2.24) is 16.0 Å². The summed E-state index contributed by atoms with van der Waals surface area (Å²) in [4.78, 5) is 46.9. The predicted octanol–water partition coefficient (Wildman–Crippen LogP) is 0.764. The maximum absolute atomic E-state index is 12.1. The van der Waals surface area contributed by atoms with Gasteiger partial charge in [-0.1, -0.05) is 12.8 Å². The molecule has 2 unspecified atom stereocenters. The fraction of sp³-hybridized carbons (Fsp3) is 0.880. The van der Waals surface area contributed by atoms with E-state index in [0.29, 0.717) is 45.8 Å². The maximum Gasteiger partial charge on any atom is 0.409 e. The zero-order chi connectivity index (χ0) is 31.3. The van der Waals surface area contributed by atoms with Crippen LogP contribution in [-0.4, -0.2) is 124 Å². The van der Waals surface area contributed by atoms with Crippen molar-refractivity contribution in [1.29, 1.82) is 0 Å². The van der Waals surface area contributed by atoms with Gasteiger partial charge in [-0.2, -0.15) is 0 Å². The van der Waals surface area contributed by atoms with E-state index in [1.165, 1.54) is 7.11 Å². The molecule has 0 aliphatic rings. The number of amides is 3. The number of hydrogen-bond acceptors (Lipinski definition) is 13. The highest BCUT2D eigenvalue weighted by Gasteiger charge is 2.16. The lowest BCUT2D eigenvalue weighted by molar-refractivity contribution is -0.196. The average molecular weight is 631 g/mol. The Balaban J connectivity index is 4.25. The van der Waals surface area contributed by atoms with Gasteiger partial charge in [-0.05, 0) is 19.3 Å². The lowest BCUT2D eigenvalue weighted by atomic mass is 10.2. The van der Waals surface area contributed by atoms with Crippen LogP contribution in [0.1, 0.15) is 38.5 Å². The van der Waals surface area contributed by atoms with Crippen molar-refractivity contribution in [3.63, 3.8) is 0 Å². The van der Waals surface area contributed by atoms with Crippen molar-refractivity contribution < 1.29 is 61.5 Å². The van der Waals surface area contributed by atoms with Gasteiger partial charge in [0, 0.05) is 47.0 Å². The van der Waals surface area contributed by atoms with E-state index in [9.17, 15) is 23.8 Å². The summed E-state index contributed by atoms with van der Waals surface area (Å²) >= 11 is 0. The van der Waals surface area contributed by atoms with Crippen LogP contribution in [0, 0.1) is 0 Å². The highest BCUT2D eigenvalue weighted by molar-refractivity contribution is 7.50. The Morgan fingerprint density at radius 3 is 2.02 bits per heavy atom. The van der Waals surface area contributed by atoms with Crippen LogP contribution in [0.3, 0.4) is 0 Å². The molecular weight excluding hydrogens is 581 g/mol. The van der Waals surface area contributed by atoms with Crippen molar-refractivity contribution in [3.05, 3.63) is 0 Å². The molecule has 0 rings (SSSR count). The summed E-state index contributed by atoms with van der Waals surface area (Å²) in [5, 5.41) is 7.78. The number of carbonyl (C=O) groups excluding carboxylic acids is 3. The van der Waals surface area contributed by atoms with Crippen molar-refractivity contribution in [2.45, 2.75) is 44.6 Å². The van der Waals surface area contributed by atoms with Crippen molar-refractivity contribution in [2.75, 3.05) is 100 Å². The maximum atomic E-state index is 12.1. The standard InChI is InChI=1S/C25H50N3O13P/c1-34-15-17-36-14-11-27-24(30)39-19-22(20-40-25(31)28-21-37-18-16-35-2)38-12-8-9-23(29)26-10-6-4-5-7-13-41-42(3,32)33/h22H,4-21H2,1-3H3,(H,26,29)(H,27,30)(H,28,31)(H,32,33)/p-1. The van der Waals surface area contributed by atoms with Crippen LogP contribution in [0.25, 0.3) is 0 Å². The largest absolute Gasteiger partial charge is 0.779 e. The third kappa shape index (κ3) is 29.5. The molecule has 0 aliphatic heterocycles. The summed E-state index contributed by atoms with van der Waals surface area (Å²) < 4.78 is 51.7. The molecule has 0 aromatic rings. The van der Waals surface area contributed by atoms with Gasteiger partial charge >= 0.3 is 12.2 Å². The zero-order valence-electron chi connectivity index (χ0n) is 25.1. The Kier molecular flexibility index (Phi) is 26.4. The smallest absolute Gasteiger partial charge is 0.409 e. The lowest BCUT2D eigenvalue weighted by Gasteiger charge is -2.18. The molecule has 0 saturated carbocycles. The number of unbranched alkanes of at least 4 members (excludes halogenated alkanes) is 3. The molecule has 0 heterocycles. The zero-order valence-corrected chi connectivity index (χ0v) is 26.0. The summed E-state index contributed by atoms with van der Waals surface area (Å²) in [6.07, 6.45) is 1.48. The van der Waals surface area contributed by atoms with Gasteiger partial charge in [0.1, 0.15) is 33.6 Å². The van der Waals surface area contributed by atoms with Gasteiger partial charge in [-0.25, -0.2) is 9.59 Å². The van der Waals surface area contributed by atoms with E-state index in [4.69, 9.17) is 37.7 Å². The third-order valence-corrected chi connectivity index (χ3v) is 5.77. The number of carbonyl (C=O) groups is 3. The second-order valence-electron chi connectivity index (χ2n) is 8.92. The Bertz CT molecular complexity index is 742. The van der Waals surface area contributed by atoms with Crippen molar-refractivity contribution >= 4 is 25.7 Å². The molecule has 0 saturated heterocycles. The van der Waals surface area contributed by atoms with E-state index in [1.807, 2.05) is 0 Å². The molecule has 248 valence electrons. The Morgan fingerprint density at radius 1 is 0.714 bits per heavy atom. The van der Waals surface area contributed by atoms with Crippen LogP contribution in [0.2, 0.25) is 0 Å². The number of methoxy groups -OCH3 is 2. The van der Waals surface area contributed by atoms with Gasteiger partial charge in [-0.15, -0.1) is 0 Å². The quantitative estimate of drug-likeness (QED) is 0.0622. The van der Waals surface area contributed by atoms with Crippen LogP contribution in [-0.2, 0) is 47.0 Å². The molecular formula is C25H49N3O13P-.